The summed E-state index contributed by atoms with van der Waals surface area (Å²) < 4.78 is 0. The lowest BCUT2D eigenvalue weighted by molar-refractivity contribution is -0.127. The molecule has 2 aromatic carbocycles. The number of hydrogen-bond acceptors (Lipinski definition) is 3. The second kappa shape index (κ2) is 8.02. The van der Waals surface area contributed by atoms with Crippen LogP contribution in [-0.2, 0) is 4.79 Å². The van der Waals surface area contributed by atoms with Crippen molar-refractivity contribution in [1.29, 1.82) is 0 Å². The van der Waals surface area contributed by atoms with E-state index in [1.807, 2.05) is 53.4 Å². The number of rotatable bonds is 5. The molecule has 5 heteroatoms. The van der Waals surface area contributed by atoms with Crippen LogP contribution in [0.5, 0.6) is 0 Å². The molecule has 0 radical (unpaired) electrons. The molecule has 1 N–H and O–H groups in total. The molecule has 0 atom stereocenters. The number of carbonyl (C=O) groups is 2. The molecule has 3 rings (SSSR count). The van der Waals surface area contributed by atoms with E-state index in [2.05, 4.69) is 5.32 Å². The van der Waals surface area contributed by atoms with E-state index >= 15 is 0 Å². The Bertz CT molecular complexity index is 712. The monoisotopic (exact) mass is 340 g/mol. The average Bonchev–Trinajstić information content (AvgIpc) is 3.15. The number of likely N-dealkylation sites (tertiary alicyclic amines) is 1. The van der Waals surface area contributed by atoms with Crippen LogP contribution in [0, 0.1) is 0 Å². The van der Waals surface area contributed by atoms with E-state index in [1.165, 1.54) is 11.8 Å². The summed E-state index contributed by atoms with van der Waals surface area (Å²) in [5.74, 6) is 0.365. The highest BCUT2D eigenvalue weighted by Crippen LogP contribution is 2.24. The van der Waals surface area contributed by atoms with E-state index in [1.54, 1.807) is 6.07 Å². The van der Waals surface area contributed by atoms with Gasteiger partial charge in [0.15, 0.2) is 0 Å². The molecule has 1 aliphatic heterocycles. The van der Waals surface area contributed by atoms with Crippen molar-refractivity contribution < 1.29 is 9.59 Å². The zero-order valence-electron chi connectivity index (χ0n) is 13.4. The topological polar surface area (TPSA) is 49.4 Å². The first kappa shape index (κ1) is 16.6. The van der Waals surface area contributed by atoms with Gasteiger partial charge in [0.1, 0.15) is 0 Å². The van der Waals surface area contributed by atoms with Gasteiger partial charge in [-0.3, -0.25) is 9.59 Å². The molecule has 0 aliphatic carbocycles. The molecule has 0 unspecified atom stereocenters. The van der Waals surface area contributed by atoms with Crippen molar-refractivity contribution in [1.82, 2.24) is 4.90 Å². The summed E-state index contributed by atoms with van der Waals surface area (Å²) in [5, 5.41) is 2.89. The van der Waals surface area contributed by atoms with Gasteiger partial charge in [-0.25, -0.2) is 0 Å². The van der Waals surface area contributed by atoms with E-state index in [0.717, 1.165) is 36.5 Å². The zero-order chi connectivity index (χ0) is 16.8. The third-order valence-corrected chi connectivity index (χ3v) is 5.03. The zero-order valence-corrected chi connectivity index (χ0v) is 14.2. The van der Waals surface area contributed by atoms with Gasteiger partial charge < -0.3 is 10.2 Å². The smallest absolute Gasteiger partial charge is 0.256 e. The lowest BCUT2D eigenvalue weighted by Crippen LogP contribution is -2.29. The van der Waals surface area contributed by atoms with Crippen LogP contribution >= 0.6 is 11.8 Å². The van der Waals surface area contributed by atoms with E-state index in [-0.39, 0.29) is 11.8 Å². The second-order valence-electron chi connectivity index (χ2n) is 5.69. The molecule has 4 nitrogen and oxygen atoms in total. The standard InChI is InChI=1S/C19H20N2O2S/c22-18(21-12-6-7-13-21)14-24-17-11-5-4-10-16(17)19(23)20-15-8-2-1-3-9-15/h1-5,8-11H,6-7,12-14H2,(H,20,23). The first-order valence-corrected chi connectivity index (χ1v) is 9.08. The number of para-hydroxylation sites is 1. The molecular formula is C19H20N2O2S. The molecule has 2 aromatic rings. The Balaban J connectivity index is 1.66. The normalized spacial score (nSPS) is 13.8. The summed E-state index contributed by atoms with van der Waals surface area (Å²) in [7, 11) is 0. The highest BCUT2D eigenvalue weighted by atomic mass is 32.2. The second-order valence-corrected chi connectivity index (χ2v) is 6.71. The van der Waals surface area contributed by atoms with E-state index in [9.17, 15) is 9.59 Å². The highest BCUT2D eigenvalue weighted by molar-refractivity contribution is 8.00. The summed E-state index contributed by atoms with van der Waals surface area (Å²) in [6, 6.07) is 16.8. The Morgan fingerprint density at radius 3 is 2.38 bits per heavy atom. The molecule has 24 heavy (non-hydrogen) atoms. The maximum Gasteiger partial charge on any atom is 0.256 e. The number of nitrogens with zero attached hydrogens (tertiary/aromatic N) is 1. The van der Waals surface area contributed by atoms with Crippen molar-refractivity contribution in [2.45, 2.75) is 17.7 Å². The van der Waals surface area contributed by atoms with Gasteiger partial charge in [0.05, 0.1) is 11.3 Å². The van der Waals surface area contributed by atoms with Gasteiger partial charge >= 0.3 is 0 Å². The number of hydrogen-bond donors (Lipinski definition) is 1. The van der Waals surface area contributed by atoms with Gasteiger partial charge in [-0.2, -0.15) is 0 Å². The van der Waals surface area contributed by atoms with Crippen LogP contribution < -0.4 is 5.32 Å². The SMILES string of the molecule is O=C(Nc1ccccc1)c1ccccc1SCC(=O)N1CCCC1. The predicted octanol–water partition coefficient (Wildman–Crippen LogP) is 3.65. The minimum Gasteiger partial charge on any atom is -0.342 e. The fourth-order valence-corrected chi connectivity index (χ4v) is 3.65. The van der Waals surface area contributed by atoms with Crippen molar-refractivity contribution in [3.05, 3.63) is 60.2 Å². The first-order chi connectivity index (χ1) is 11.7. The van der Waals surface area contributed by atoms with Crippen molar-refractivity contribution in [3.63, 3.8) is 0 Å². The lowest BCUT2D eigenvalue weighted by Gasteiger charge is -2.15. The fourth-order valence-electron chi connectivity index (χ4n) is 2.70. The van der Waals surface area contributed by atoms with Crippen molar-refractivity contribution in [3.8, 4) is 0 Å². The van der Waals surface area contributed by atoms with Gasteiger partial charge in [-0.1, -0.05) is 30.3 Å². The van der Waals surface area contributed by atoms with Gasteiger partial charge in [-0.05, 0) is 37.1 Å². The Labute approximate surface area is 146 Å². The van der Waals surface area contributed by atoms with Crippen LogP contribution in [0.25, 0.3) is 0 Å². The summed E-state index contributed by atoms with van der Waals surface area (Å²) >= 11 is 1.43. The molecule has 1 heterocycles. The Kier molecular flexibility index (Phi) is 5.54. The molecular weight excluding hydrogens is 320 g/mol. The largest absolute Gasteiger partial charge is 0.342 e. The van der Waals surface area contributed by atoms with E-state index in [0.29, 0.717) is 11.3 Å². The van der Waals surface area contributed by atoms with E-state index in [4.69, 9.17) is 0 Å². The van der Waals surface area contributed by atoms with Crippen LogP contribution in [0.4, 0.5) is 5.69 Å². The van der Waals surface area contributed by atoms with Crippen LogP contribution in [0.15, 0.2) is 59.5 Å². The Morgan fingerprint density at radius 1 is 0.958 bits per heavy atom. The maximum atomic E-state index is 12.5. The average molecular weight is 340 g/mol. The summed E-state index contributed by atoms with van der Waals surface area (Å²) in [4.78, 5) is 27.4. The Morgan fingerprint density at radius 2 is 1.62 bits per heavy atom. The van der Waals surface area contributed by atoms with Crippen LogP contribution in [-0.4, -0.2) is 35.6 Å². The first-order valence-electron chi connectivity index (χ1n) is 8.10. The summed E-state index contributed by atoms with van der Waals surface area (Å²) in [6.45, 7) is 1.71. The van der Waals surface area contributed by atoms with Gasteiger partial charge in [0.2, 0.25) is 5.91 Å². The number of anilines is 1. The van der Waals surface area contributed by atoms with Gasteiger partial charge in [-0.15, -0.1) is 11.8 Å². The molecule has 2 amide bonds. The fraction of sp³-hybridized carbons (Fsp3) is 0.263. The van der Waals surface area contributed by atoms with E-state index < -0.39 is 0 Å². The highest BCUT2D eigenvalue weighted by Gasteiger charge is 2.19. The van der Waals surface area contributed by atoms with Crippen LogP contribution in [0.2, 0.25) is 0 Å². The summed E-state index contributed by atoms with van der Waals surface area (Å²) in [6.07, 6.45) is 2.18. The van der Waals surface area contributed by atoms with Crippen molar-refractivity contribution >= 4 is 29.3 Å². The van der Waals surface area contributed by atoms with Crippen molar-refractivity contribution in [2.24, 2.45) is 0 Å². The summed E-state index contributed by atoms with van der Waals surface area (Å²) in [5.41, 5.74) is 1.36. The molecule has 1 aliphatic rings. The molecule has 0 aromatic heterocycles. The predicted molar refractivity (Wildman–Crippen MR) is 97.4 cm³/mol. The molecule has 124 valence electrons. The van der Waals surface area contributed by atoms with Gasteiger partial charge in [0.25, 0.3) is 5.91 Å². The maximum absolute atomic E-state index is 12.5. The third-order valence-electron chi connectivity index (χ3n) is 3.97. The lowest BCUT2D eigenvalue weighted by atomic mass is 10.2. The van der Waals surface area contributed by atoms with Crippen LogP contribution in [0.3, 0.4) is 0 Å². The van der Waals surface area contributed by atoms with Crippen molar-refractivity contribution in [2.75, 3.05) is 24.2 Å². The molecule has 0 bridgehead atoms. The number of nitrogens with one attached hydrogen (secondary N) is 1. The molecule has 0 saturated carbocycles. The number of thioether (sulfide) groups is 1. The molecule has 1 fully saturated rings. The van der Waals surface area contributed by atoms with Gasteiger partial charge in [0, 0.05) is 23.7 Å². The third kappa shape index (κ3) is 4.17. The number of benzene rings is 2. The Hall–Kier alpha value is -2.27. The quantitative estimate of drug-likeness (QED) is 0.845. The molecule has 1 saturated heterocycles. The van der Waals surface area contributed by atoms with Crippen LogP contribution in [0.1, 0.15) is 23.2 Å². The molecule has 0 spiro atoms. The minimum absolute atomic E-state index is 0.149. The number of carbonyl (C=O) groups excluding carboxylic acids is 2. The minimum atomic E-state index is -0.155. The number of amides is 2.